The number of imidazole rings is 1. The van der Waals surface area contributed by atoms with Crippen LogP contribution in [-0.4, -0.2) is 17.4 Å². The molecule has 25 heavy (non-hydrogen) atoms. The first-order valence-corrected chi connectivity index (χ1v) is 9.87. The molecule has 0 unspecified atom stereocenters. The van der Waals surface area contributed by atoms with Gasteiger partial charge < -0.3 is 0 Å². The first-order chi connectivity index (χ1) is 12.1. The maximum Gasteiger partial charge on any atom is 0.269 e. The zero-order valence-electron chi connectivity index (χ0n) is 13.0. The van der Waals surface area contributed by atoms with Gasteiger partial charge in [-0.2, -0.15) is 0 Å². The van der Waals surface area contributed by atoms with Crippen LogP contribution in [0.5, 0.6) is 0 Å². The predicted molar refractivity (Wildman–Crippen MR) is 95.8 cm³/mol. The lowest BCUT2D eigenvalue weighted by Crippen LogP contribution is -2.16. The molecule has 0 bridgehead atoms. The number of nitrogens with zero attached hydrogens (tertiary/aromatic N) is 2. The number of benzene rings is 2. The van der Waals surface area contributed by atoms with Crippen LogP contribution in [0, 0.1) is 5.82 Å². The Morgan fingerprint density at radius 2 is 1.76 bits per heavy atom. The van der Waals surface area contributed by atoms with Gasteiger partial charge in [0.25, 0.3) is 10.0 Å². The second-order valence-electron chi connectivity index (χ2n) is 5.50. The summed E-state index contributed by atoms with van der Waals surface area (Å²) in [6.45, 7) is 0. The van der Waals surface area contributed by atoms with Gasteiger partial charge in [0.15, 0.2) is 0 Å². The van der Waals surface area contributed by atoms with E-state index in [0.717, 1.165) is 17.0 Å². The molecule has 0 spiro atoms. The molecule has 4 rings (SSSR count). The summed E-state index contributed by atoms with van der Waals surface area (Å²) in [5, 5.41) is 1.94. The molecule has 4 aromatic rings. The summed E-state index contributed by atoms with van der Waals surface area (Å²) >= 11 is 1.55. The van der Waals surface area contributed by atoms with E-state index in [1.54, 1.807) is 29.5 Å². The summed E-state index contributed by atoms with van der Waals surface area (Å²) in [5.41, 5.74) is 1.12. The van der Waals surface area contributed by atoms with Gasteiger partial charge >= 0.3 is 0 Å². The highest BCUT2D eigenvalue weighted by atomic mass is 32.2. The van der Waals surface area contributed by atoms with Crippen LogP contribution in [0.15, 0.2) is 70.9 Å². The minimum Gasteiger partial charge on any atom is -0.232 e. The normalized spacial score (nSPS) is 11.9. The fraction of sp³-hybridized carbons (Fsp3) is 0.0556. The highest BCUT2D eigenvalue weighted by Gasteiger charge is 2.24. The molecule has 2 aromatic carbocycles. The number of halogens is 1. The van der Waals surface area contributed by atoms with Crippen LogP contribution in [0.3, 0.4) is 0 Å². The number of para-hydroxylation sites is 2. The van der Waals surface area contributed by atoms with Crippen molar-refractivity contribution >= 4 is 32.4 Å². The van der Waals surface area contributed by atoms with Crippen molar-refractivity contribution in [1.29, 1.82) is 0 Å². The van der Waals surface area contributed by atoms with Crippen molar-refractivity contribution < 1.29 is 12.8 Å². The van der Waals surface area contributed by atoms with E-state index >= 15 is 0 Å². The van der Waals surface area contributed by atoms with Gasteiger partial charge in [-0.15, -0.1) is 11.3 Å². The summed E-state index contributed by atoms with van der Waals surface area (Å²) in [6.07, 6.45) is 0.409. The maximum absolute atomic E-state index is 13.2. The van der Waals surface area contributed by atoms with Gasteiger partial charge in [0, 0.05) is 11.3 Å². The Morgan fingerprint density at radius 1 is 1.00 bits per heavy atom. The molecular weight excluding hydrogens is 359 g/mol. The Balaban J connectivity index is 1.94. The first-order valence-electron chi connectivity index (χ1n) is 7.55. The van der Waals surface area contributed by atoms with Crippen molar-refractivity contribution in [3.05, 3.63) is 82.6 Å². The fourth-order valence-electron chi connectivity index (χ4n) is 2.71. The molecule has 0 aliphatic carbocycles. The number of aromatic nitrogens is 2. The van der Waals surface area contributed by atoms with E-state index < -0.39 is 15.8 Å². The van der Waals surface area contributed by atoms with E-state index in [2.05, 4.69) is 4.98 Å². The third kappa shape index (κ3) is 2.85. The number of thiophene rings is 1. The summed E-state index contributed by atoms with van der Waals surface area (Å²) in [6, 6.07) is 15.8. The molecule has 7 heteroatoms. The standard InChI is InChI=1S/C18H13FN2O2S2/c19-13-7-9-15(10-8-13)25(22,23)21-17-6-2-1-5-16(17)20-18(21)12-14-4-3-11-24-14/h1-11H,12H2. The smallest absolute Gasteiger partial charge is 0.232 e. The Morgan fingerprint density at radius 3 is 2.48 bits per heavy atom. The third-order valence-electron chi connectivity index (χ3n) is 3.85. The van der Waals surface area contributed by atoms with E-state index in [4.69, 9.17) is 0 Å². The number of rotatable bonds is 4. The maximum atomic E-state index is 13.2. The van der Waals surface area contributed by atoms with Crippen molar-refractivity contribution in [3.63, 3.8) is 0 Å². The van der Waals surface area contributed by atoms with Crippen molar-refractivity contribution in [3.8, 4) is 0 Å². The van der Waals surface area contributed by atoms with Crippen LogP contribution in [0.25, 0.3) is 11.0 Å². The van der Waals surface area contributed by atoms with Crippen LogP contribution in [-0.2, 0) is 16.4 Å². The second-order valence-corrected chi connectivity index (χ2v) is 8.32. The molecule has 0 aliphatic heterocycles. The summed E-state index contributed by atoms with van der Waals surface area (Å²) in [7, 11) is -3.88. The van der Waals surface area contributed by atoms with Crippen LogP contribution < -0.4 is 0 Å². The Labute approximate surface area is 148 Å². The summed E-state index contributed by atoms with van der Waals surface area (Å²) in [5.74, 6) is -0.0405. The average molecular weight is 372 g/mol. The third-order valence-corrected chi connectivity index (χ3v) is 6.48. The van der Waals surface area contributed by atoms with Gasteiger partial charge in [0.1, 0.15) is 11.6 Å². The first kappa shape index (κ1) is 16.0. The Hall–Kier alpha value is -2.51. The topological polar surface area (TPSA) is 52.0 Å². The number of fused-ring (bicyclic) bond motifs is 1. The average Bonchev–Trinajstić information content (AvgIpc) is 3.22. The molecule has 126 valence electrons. The van der Waals surface area contributed by atoms with Gasteiger partial charge in [-0.3, -0.25) is 0 Å². The molecule has 0 radical (unpaired) electrons. The quantitative estimate of drug-likeness (QED) is 0.543. The number of hydrogen-bond donors (Lipinski definition) is 0. The molecule has 0 aliphatic rings. The van der Waals surface area contributed by atoms with Gasteiger partial charge in [0.2, 0.25) is 0 Å². The minimum atomic E-state index is -3.88. The van der Waals surface area contributed by atoms with E-state index in [-0.39, 0.29) is 4.90 Å². The lowest BCUT2D eigenvalue weighted by atomic mass is 10.3. The molecule has 2 aromatic heterocycles. The van der Waals surface area contributed by atoms with Crippen LogP contribution in [0.1, 0.15) is 10.7 Å². The molecule has 0 N–H and O–H groups in total. The van der Waals surface area contributed by atoms with Crippen LogP contribution >= 0.6 is 11.3 Å². The summed E-state index contributed by atoms with van der Waals surface area (Å²) in [4.78, 5) is 5.56. The Bertz CT molecular complexity index is 1130. The minimum absolute atomic E-state index is 0.0319. The van der Waals surface area contributed by atoms with Crippen LogP contribution in [0.2, 0.25) is 0 Å². The van der Waals surface area contributed by atoms with Crippen molar-refractivity contribution in [2.45, 2.75) is 11.3 Å². The van der Waals surface area contributed by atoms with Gasteiger partial charge in [-0.25, -0.2) is 21.8 Å². The lowest BCUT2D eigenvalue weighted by molar-refractivity contribution is 0.585. The zero-order chi connectivity index (χ0) is 17.4. The summed E-state index contributed by atoms with van der Waals surface area (Å²) < 4.78 is 40.8. The van der Waals surface area contributed by atoms with E-state index in [9.17, 15) is 12.8 Å². The van der Waals surface area contributed by atoms with Crippen molar-refractivity contribution in [2.75, 3.05) is 0 Å². The highest BCUT2D eigenvalue weighted by Crippen LogP contribution is 2.25. The van der Waals surface area contributed by atoms with Crippen molar-refractivity contribution in [2.24, 2.45) is 0 Å². The fourth-order valence-corrected chi connectivity index (χ4v) is 4.90. The predicted octanol–water partition coefficient (Wildman–Crippen LogP) is 4.06. The molecule has 0 atom stereocenters. The Kier molecular flexibility index (Phi) is 3.89. The monoisotopic (exact) mass is 372 g/mol. The molecule has 0 fully saturated rings. The molecular formula is C18H13FN2O2S2. The van der Waals surface area contributed by atoms with E-state index in [0.29, 0.717) is 23.3 Å². The highest BCUT2D eigenvalue weighted by molar-refractivity contribution is 7.90. The largest absolute Gasteiger partial charge is 0.269 e. The lowest BCUT2D eigenvalue weighted by Gasteiger charge is -2.10. The van der Waals surface area contributed by atoms with Crippen molar-refractivity contribution in [1.82, 2.24) is 8.96 Å². The molecule has 4 nitrogen and oxygen atoms in total. The number of hydrogen-bond acceptors (Lipinski definition) is 4. The molecule has 0 saturated heterocycles. The molecule has 2 heterocycles. The molecule has 0 saturated carbocycles. The van der Waals surface area contributed by atoms with Crippen LogP contribution in [0.4, 0.5) is 4.39 Å². The second kappa shape index (κ2) is 6.09. The zero-order valence-corrected chi connectivity index (χ0v) is 14.6. The SMILES string of the molecule is O=S(=O)(c1ccc(F)cc1)n1c(Cc2cccs2)nc2ccccc21. The van der Waals surface area contributed by atoms with Gasteiger partial charge in [0.05, 0.1) is 15.9 Å². The van der Waals surface area contributed by atoms with E-state index in [1.165, 1.54) is 16.1 Å². The van der Waals surface area contributed by atoms with Gasteiger partial charge in [-0.05, 0) is 47.8 Å². The van der Waals surface area contributed by atoms with Gasteiger partial charge in [-0.1, -0.05) is 18.2 Å². The van der Waals surface area contributed by atoms with E-state index in [1.807, 2.05) is 23.6 Å². The molecule has 0 amide bonds.